The molecule has 2 aliphatic rings. The van der Waals surface area contributed by atoms with Gasteiger partial charge >= 0.3 is 0 Å². The smallest absolute Gasteiger partial charge is 0.226 e. The Balaban J connectivity index is 1.98. The minimum absolute atomic E-state index is 0.0937. The third-order valence-electron chi connectivity index (χ3n) is 4.73. The van der Waals surface area contributed by atoms with Gasteiger partial charge in [0, 0.05) is 25.0 Å². The molecule has 4 nitrogen and oxygen atoms in total. The van der Waals surface area contributed by atoms with Crippen molar-refractivity contribution in [2.24, 2.45) is 23.5 Å². The molecule has 0 aromatic carbocycles. The van der Waals surface area contributed by atoms with Crippen LogP contribution in [0.2, 0.25) is 0 Å². The maximum atomic E-state index is 12.6. The summed E-state index contributed by atoms with van der Waals surface area (Å²) in [4.78, 5) is 14.5. The number of nitrogens with zero attached hydrogens (tertiary/aromatic N) is 1. The Morgan fingerprint density at radius 1 is 1.22 bits per heavy atom. The fraction of sp³-hybridized carbons (Fsp3) is 0.929. The first kappa shape index (κ1) is 13.8. The second-order valence-corrected chi connectivity index (χ2v) is 6.27. The summed E-state index contributed by atoms with van der Waals surface area (Å²) in [6.45, 7) is 5.57. The van der Waals surface area contributed by atoms with Crippen LogP contribution in [0.3, 0.4) is 0 Å². The standard InChI is InChI=1S/C14H26N2O2/c1-9-3-4-11(15)7-12(9)14(18)16-6-5-13(17)10(2)8-16/h9-13,17H,3-8,15H2,1-2H3. The highest BCUT2D eigenvalue weighted by molar-refractivity contribution is 5.79. The second-order valence-electron chi connectivity index (χ2n) is 6.27. The Kier molecular flexibility index (Phi) is 4.28. The first-order chi connectivity index (χ1) is 8.49. The predicted molar refractivity (Wildman–Crippen MR) is 70.8 cm³/mol. The Morgan fingerprint density at radius 3 is 2.61 bits per heavy atom. The van der Waals surface area contributed by atoms with E-state index in [1.807, 2.05) is 11.8 Å². The molecule has 1 amide bonds. The molecule has 3 N–H and O–H groups in total. The number of carbonyl (C=O) groups excluding carboxylic acids is 1. The summed E-state index contributed by atoms with van der Waals surface area (Å²) < 4.78 is 0. The molecule has 2 rings (SSSR count). The zero-order valence-corrected chi connectivity index (χ0v) is 11.5. The molecule has 0 aromatic rings. The van der Waals surface area contributed by atoms with Crippen molar-refractivity contribution < 1.29 is 9.90 Å². The van der Waals surface area contributed by atoms with Crippen molar-refractivity contribution in [2.75, 3.05) is 13.1 Å². The highest BCUT2D eigenvalue weighted by Gasteiger charge is 2.36. The van der Waals surface area contributed by atoms with E-state index in [1.54, 1.807) is 0 Å². The van der Waals surface area contributed by atoms with Crippen LogP contribution in [-0.4, -0.2) is 41.1 Å². The number of aliphatic hydroxyl groups excluding tert-OH is 1. The molecule has 0 aromatic heterocycles. The number of nitrogens with two attached hydrogens (primary N) is 1. The number of amides is 1. The summed E-state index contributed by atoms with van der Waals surface area (Å²) in [7, 11) is 0. The molecule has 1 saturated heterocycles. The fourth-order valence-corrected chi connectivity index (χ4v) is 3.27. The lowest BCUT2D eigenvalue weighted by Crippen LogP contribution is -2.49. The van der Waals surface area contributed by atoms with Gasteiger partial charge < -0.3 is 15.7 Å². The topological polar surface area (TPSA) is 66.6 Å². The molecule has 2 fully saturated rings. The molecule has 0 spiro atoms. The Morgan fingerprint density at radius 2 is 1.94 bits per heavy atom. The van der Waals surface area contributed by atoms with Gasteiger partial charge in [-0.05, 0) is 37.5 Å². The molecule has 1 aliphatic carbocycles. The van der Waals surface area contributed by atoms with E-state index < -0.39 is 0 Å². The van der Waals surface area contributed by atoms with E-state index in [0.29, 0.717) is 25.4 Å². The van der Waals surface area contributed by atoms with Gasteiger partial charge in [-0.15, -0.1) is 0 Å². The Bertz CT molecular complexity index is 308. The number of hydrogen-bond donors (Lipinski definition) is 2. The quantitative estimate of drug-likeness (QED) is 0.733. The monoisotopic (exact) mass is 254 g/mol. The lowest BCUT2D eigenvalue weighted by Gasteiger charge is -2.39. The van der Waals surface area contributed by atoms with Gasteiger partial charge in [-0.3, -0.25) is 4.79 Å². The number of hydrogen-bond acceptors (Lipinski definition) is 3. The number of rotatable bonds is 1. The van der Waals surface area contributed by atoms with Gasteiger partial charge in [-0.1, -0.05) is 13.8 Å². The molecular weight excluding hydrogens is 228 g/mol. The SMILES string of the molecule is CC1CN(C(=O)C2CC(N)CCC2C)CCC1O. The van der Waals surface area contributed by atoms with Crippen LogP contribution in [0.15, 0.2) is 0 Å². The number of aliphatic hydroxyl groups is 1. The molecule has 1 heterocycles. The van der Waals surface area contributed by atoms with Crippen molar-refractivity contribution in [3.05, 3.63) is 0 Å². The van der Waals surface area contributed by atoms with Crippen LogP contribution in [0, 0.1) is 17.8 Å². The summed E-state index contributed by atoms with van der Waals surface area (Å²) in [5.74, 6) is 0.988. The van der Waals surface area contributed by atoms with Gasteiger partial charge in [0.15, 0.2) is 0 Å². The maximum absolute atomic E-state index is 12.6. The van der Waals surface area contributed by atoms with Crippen molar-refractivity contribution in [2.45, 2.75) is 51.7 Å². The Hall–Kier alpha value is -0.610. The van der Waals surface area contributed by atoms with Crippen molar-refractivity contribution in [1.82, 2.24) is 4.90 Å². The molecular formula is C14H26N2O2. The van der Waals surface area contributed by atoms with Crippen molar-refractivity contribution in [3.63, 3.8) is 0 Å². The van der Waals surface area contributed by atoms with E-state index in [2.05, 4.69) is 6.92 Å². The van der Waals surface area contributed by atoms with E-state index in [4.69, 9.17) is 5.73 Å². The molecule has 1 saturated carbocycles. The largest absolute Gasteiger partial charge is 0.393 e. The first-order valence-corrected chi connectivity index (χ1v) is 7.21. The molecule has 0 radical (unpaired) electrons. The maximum Gasteiger partial charge on any atom is 0.226 e. The second kappa shape index (κ2) is 5.57. The van der Waals surface area contributed by atoms with Gasteiger partial charge in [-0.25, -0.2) is 0 Å². The van der Waals surface area contributed by atoms with Gasteiger partial charge in [-0.2, -0.15) is 0 Å². The van der Waals surface area contributed by atoms with Crippen LogP contribution < -0.4 is 5.73 Å². The highest BCUT2D eigenvalue weighted by atomic mass is 16.3. The summed E-state index contributed by atoms with van der Waals surface area (Å²) in [6, 6.07) is 0.183. The lowest BCUT2D eigenvalue weighted by molar-refractivity contribution is -0.142. The van der Waals surface area contributed by atoms with Crippen molar-refractivity contribution in [1.29, 1.82) is 0 Å². The summed E-state index contributed by atoms with van der Waals surface area (Å²) >= 11 is 0. The minimum atomic E-state index is -0.250. The average molecular weight is 254 g/mol. The van der Waals surface area contributed by atoms with Gasteiger partial charge in [0.1, 0.15) is 0 Å². The molecule has 18 heavy (non-hydrogen) atoms. The third-order valence-corrected chi connectivity index (χ3v) is 4.73. The van der Waals surface area contributed by atoms with E-state index >= 15 is 0 Å². The molecule has 104 valence electrons. The van der Waals surface area contributed by atoms with Gasteiger partial charge in [0.25, 0.3) is 0 Å². The van der Waals surface area contributed by atoms with Crippen LogP contribution >= 0.6 is 0 Å². The molecule has 1 aliphatic heterocycles. The average Bonchev–Trinajstić information content (AvgIpc) is 2.35. The zero-order chi connectivity index (χ0) is 13.3. The van der Waals surface area contributed by atoms with Crippen LogP contribution in [-0.2, 0) is 4.79 Å². The summed E-state index contributed by atoms with van der Waals surface area (Å²) in [6.07, 6.45) is 3.39. The van der Waals surface area contributed by atoms with Crippen molar-refractivity contribution >= 4 is 5.91 Å². The minimum Gasteiger partial charge on any atom is -0.393 e. The summed E-state index contributed by atoms with van der Waals surface area (Å²) in [5, 5.41) is 9.72. The van der Waals surface area contributed by atoms with Crippen LogP contribution in [0.25, 0.3) is 0 Å². The zero-order valence-electron chi connectivity index (χ0n) is 11.5. The number of likely N-dealkylation sites (tertiary alicyclic amines) is 1. The van der Waals surface area contributed by atoms with E-state index in [9.17, 15) is 9.90 Å². The molecule has 0 bridgehead atoms. The van der Waals surface area contributed by atoms with E-state index in [1.165, 1.54) is 0 Å². The number of carbonyl (C=O) groups is 1. The highest BCUT2D eigenvalue weighted by Crippen LogP contribution is 2.31. The van der Waals surface area contributed by atoms with Crippen LogP contribution in [0.4, 0.5) is 0 Å². The van der Waals surface area contributed by atoms with Crippen LogP contribution in [0.5, 0.6) is 0 Å². The normalized spacial score (nSPS) is 41.8. The summed E-state index contributed by atoms with van der Waals surface area (Å²) in [5.41, 5.74) is 5.99. The van der Waals surface area contributed by atoms with Crippen LogP contribution in [0.1, 0.15) is 39.5 Å². The molecule has 5 unspecified atom stereocenters. The third kappa shape index (κ3) is 2.86. The molecule has 5 atom stereocenters. The number of piperidine rings is 1. The van der Waals surface area contributed by atoms with Crippen molar-refractivity contribution in [3.8, 4) is 0 Å². The van der Waals surface area contributed by atoms with E-state index in [-0.39, 0.29) is 29.9 Å². The van der Waals surface area contributed by atoms with Gasteiger partial charge in [0.2, 0.25) is 5.91 Å². The van der Waals surface area contributed by atoms with E-state index in [0.717, 1.165) is 19.3 Å². The lowest BCUT2D eigenvalue weighted by atomic mass is 9.77. The Labute approximate surface area is 110 Å². The first-order valence-electron chi connectivity index (χ1n) is 7.21. The molecule has 4 heteroatoms. The van der Waals surface area contributed by atoms with Gasteiger partial charge in [0.05, 0.1) is 6.10 Å². The predicted octanol–water partition coefficient (Wildman–Crippen LogP) is 0.979. The fourth-order valence-electron chi connectivity index (χ4n) is 3.27.